The van der Waals surface area contributed by atoms with Crippen molar-refractivity contribution in [3.05, 3.63) is 84.4 Å². The number of methoxy groups -OCH3 is 1. The number of hydrogen-bond acceptors (Lipinski definition) is 5. The van der Waals surface area contributed by atoms with Crippen LogP contribution in [-0.4, -0.2) is 36.4 Å². The molecule has 1 heterocycles. The number of rotatable bonds is 7. The van der Waals surface area contributed by atoms with Gasteiger partial charge in [-0.3, -0.25) is 14.5 Å². The molecule has 1 aliphatic rings. The molecule has 0 spiro atoms. The third kappa shape index (κ3) is 4.70. The molecule has 0 aromatic heterocycles. The Balaban J connectivity index is 1.47. The largest absolute Gasteiger partial charge is 0.497 e. The van der Waals surface area contributed by atoms with E-state index in [1.165, 1.54) is 11.8 Å². The van der Waals surface area contributed by atoms with E-state index in [2.05, 4.69) is 10.6 Å². The Morgan fingerprint density at radius 3 is 2.36 bits per heavy atom. The van der Waals surface area contributed by atoms with Crippen molar-refractivity contribution in [1.29, 1.82) is 0 Å². The lowest BCUT2D eigenvalue weighted by molar-refractivity contribution is -0.133. The van der Waals surface area contributed by atoms with Crippen molar-refractivity contribution in [2.24, 2.45) is 0 Å². The van der Waals surface area contributed by atoms with E-state index in [1.54, 1.807) is 44.4 Å². The van der Waals surface area contributed by atoms with Crippen LogP contribution in [0.5, 0.6) is 5.75 Å². The van der Waals surface area contributed by atoms with E-state index in [1.807, 2.05) is 48.5 Å². The fourth-order valence-corrected chi connectivity index (χ4v) is 4.49. The summed E-state index contributed by atoms with van der Waals surface area (Å²) >= 11 is 1.52. The molecule has 2 N–H and O–H groups in total. The summed E-state index contributed by atoms with van der Waals surface area (Å²) in [6.07, 6.45) is 0. The van der Waals surface area contributed by atoms with Crippen LogP contribution in [0.1, 0.15) is 12.5 Å². The molecule has 1 aliphatic heterocycles. The molecule has 0 radical (unpaired) electrons. The zero-order valence-corrected chi connectivity index (χ0v) is 19.0. The van der Waals surface area contributed by atoms with Gasteiger partial charge in [0, 0.05) is 9.79 Å². The first-order chi connectivity index (χ1) is 15.9. The molecular formula is C25H23N3O4S. The van der Waals surface area contributed by atoms with E-state index < -0.39 is 23.4 Å². The summed E-state index contributed by atoms with van der Waals surface area (Å²) in [5.74, 6) is -0.305. The molecule has 33 heavy (non-hydrogen) atoms. The molecular weight excluding hydrogens is 438 g/mol. The first-order valence-electron chi connectivity index (χ1n) is 10.3. The normalized spacial score (nSPS) is 17.6. The van der Waals surface area contributed by atoms with E-state index in [9.17, 15) is 14.4 Å². The average molecular weight is 462 g/mol. The molecule has 168 valence electrons. The first kappa shape index (κ1) is 22.4. The van der Waals surface area contributed by atoms with Crippen LogP contribution >= 0.6 is 11.8 Å². The van der Waals surface area contributed by atoms with Crippen LogP contribution in [-0.2, 0) is 15.1 Å². The van der Waals surface area contributed by atoms with E-state index in [0.717, 1.165) is 14.7 Å². The lowest BCUT2D eigenvalue weighted by atomic mass is 9.92. The summed E-state index contributed by atoms with van der Waals surface area (Å²) in [4.78, 5) is 41.3. The number of urea groups is 1. The number of nitrogens with one attached hydrogen (secondary N) is 2. The number of carbonyl (C=O) groups is 3. The Labute approximate surface area is 196 Å². The third-order valence-corrected chi connectivity index (χ3v) is 6.46. The summed E-state index contributed by atoms with van der Waals surface area (Å²) < 4.78 is 5.15. The fourth-order valence-electron chi connectivity index (χ4n) is 3.57. The molecule has 1 saturated heterocycles. The van der Waals surface area contributed by atoms with E-state index >= 15 is 0 Å². The number of benzene rings is 3. The van der Waals surface area contributed by atoms with Gasteiger partial charge >= 0.3 is 6.03 Å². The Hall–Kier alpha value is -3.78. The van der Waals surface area contributed by atoms with Crippen molar-refractivity contribution in [1.82, 2.24) is 10.2 Å². The zero-order valence-electron chi connectivity index (χ0n) is 18.2. The van der Waals surface area contributed by atoms with E-state index in [0.29, 0.717) is 17.0 Å². The van der Waals surface area contributed by atoms with Gasteiger partial charge in [-0.2, -0.15) is 0 Å². The van der Waals surface area contributed by atoms with Crippen molar-refractivity contribution < 1.29 is 19.1 Å². The molecule has 4 amide bonds. The zero-order chi connectivity index (χ0) is 23.4. The second-order valence-corrected chi connectivity index (χ2v) is 8.75. The predicted molar refractivity (Wildman–Crippen MR) is 126 cm³/mol. The van der Waals surface area contributed by atoms with Gasteiger partial charge in [-0.25, -0.2) is 4.79 Å². The number of ether oxygens (including phenoxy) is 1. The summed E-state index contributed by atoms with van der Waals surface area (Å²) in [5.41, 5.74) is -0.0412. The molecule has 1 atom stereocenters. The van der Waals surface area contributed by atoms with E-state index in [-0.39, 0.29) is 6.54 Å². The van der Waals surface area contributed by atoms with Crippen molar-refractivity contribution in [2.75, 3.05) is 19.0 Å². The minimum Gasteiger partial charge on any atom is -0.497 e. The van der Waals surface area contributed by atoms with Crippen LogP contribution in [0.3, 0.4) is 0 Å². The molecule has 4 rings (SSSR count). The number of hydrogen-bond donors (Lipinski definition) is 2. The smallest absolute Gasteiger partial charge is 0.325 e. The van der Waals surface area contributed by atoms with Gasteiger partial charge in [0.05, 0.1) is 12.8 Å². The van der Waals surface area contributed by atoms with Gasteiger partial charge in [-0.1, -0.05) is 54.2 Å². The third-order valence-electron chi connectivity index (χ3n) is 5.38. The van der Waals surface area contributed by atoms with Crippen molar-refractivity contribution >= 4 is 35.3 Å². The molecule has 0 bridgehead atoms. The second-order valence-electron chi connectivity index (χ2n) is 7.63. The molecule has 0 aliphatic carbocycles. The highest BCUT2D eigenvalue weighted by molar-refractivity contribution is 7.99. The SMILES string of the molecule is COc1ccc(C2(C)NC(=O)N(CC(=O)Nc3ccccc3Sc3ccccc3)C2=O)cc1. The van der Waals surface area contributed by atoms with Crippen molar-refractivity contribution in [3.8, 4) is 5.75 Å². The average Bonchev–Trinajstić information content (AvgIpc) is 3.05. The molecule has 3 aromatic rings. The number of amides is 4. The minimum atomic E-state index is -1.26. The Bertz CT molecular complexity index is 1180. The van der Waals surface area contributed by atoms with Crippen LogP contribution in [0, 0.1) is 0 Å². The van der Waals surface area contributed by atoms with Gasteiger partial charge in [-0.15, -0.1) is 0 Å². The molecule has 0 saturated carbocycles. The Morgan fingerprint density at radius 1 is 1.00 bits per heavy atom. The van der Waals surface area contributed by atoms with Gasteiger partial charge in [0.1, 0.15) is 17.8 Å². The molecule has 1 fully saturated rings. The quantitative estimate of drug-likeness (QED) is 0.514. The maximum absolute atomic E-state index is 13.1. The molecule has 1 unspecified atom stereocenters. The maximum Gasteiger partial charge on any atom is 0.325 e. The second kappa shape index (κ2) is 9.38. The standard InChI is InChI=1S/C25H23N3O4S/c1-25(17-12-14-18(32-2)15-13-17)23(30)28(24(31)27-25)16-22(29)26-20-10-6-7-11-21(20)33-19-8-4-3-5-9-19/h3-15H,16H2,1-2H3,(H,26,29)(H,27,31). The highest BCUT2D eigenvalue weighted by Crippen LogP contribution is 2.33. The maximum atomic E-state index is 13.1. The van der Waals surface area contributed by atoms with Crippen molar-refractivity contribution in [2.45, 2.75) is 22.3 Å². The predicted octanol–water partition coefficient (Wildman–Crippen LogP) is 4.25. The number of carbonyl (C=O) groups excluding carboxylic acids is 3. The number of nitrogens with zero attached hydrogens (tertiary/aromatic N) is 1. The highest BCUT2D eigenvalue weighted by atomic mass is 32.2. The minimum absolute atomic E-state index is 0.388. The molecule has 3 aromatic carbocycles. The first-order valence-corrected chi connectivity index (χ1v) is 11.1. The molecule has 8 heteroatoms. The topological polar surface area (TPSA) is 87.7 Å². The summed E-state index contributed by atoms with van der Waals surface area (Å²) in [6.45, 7) is 1.24. The lowest BCUT2D eigenvalue weighted by Crippen LogP contribution is -2.42. The number of para-hydroxylation sites is 1. The van der Waals surface area contributed by atoms with Gasteiger partial charge in [0.25, 0.3) is 5.91 Å². The van der Waals surface area contributed by atoms with Crippen LogP contribution in [0.4, 0.5) is 10.5 Å². The van der Waals surface area contributed by atoms with Gasteiger partial charge in [0.15, 0.2) is 0 Å². The number of imide groups is 1. The Morgan fingerprint density at radius 2 is 1.67 bits per heavy atom. The summed E-state index contributed by atoms with van der Waals surface area (Å²) in [5, 5.41) is 5.54. The van der Waals surface area contributed by atoms with Gasteiger partial charge < -0.3 is 15.4 Å². The van der Waals surface area contributed by atoms with Gasteiger partial charge in [0.2, 0.25) is 5.91 Å². The fraction of sp³-hybridized carbons (Fsp3) is 0.160. The van der Waals surface area contributed by atoms with Gasteiger partial charge in [-0.05, 0) is 48.9 Å². The van der Waals surface area contributed by atoms with Crippen LogP contribution in [0.15, 0.2) is 88.7 Å². The molecule has 7 nitrogen and oxygen atoms in total. The monoisotopic (exact) mass is 461 g/mol. The highest BCUT2D eigenvalue weighted by Gasteiger charge is 2.49. The summed E-state index contributed by atoms with van der Waals surface area (Å²) in [6, 6.07) is 23.5. The summed E-state index contributed by atoms with van der Waals surface area (Å²) in [7, 11) is 1.55. The number of anilines is 1. The van der Waals surface area contributed by atoms with Crippen LogP contribution in [0.25, 0.3) is 0 Å². The van der Waals surface area contributed by atoms with E-state index in [4.69, 9.17) is 4.74 Å². The lowest BCUT2D eigenvalue weighted by Gasteiger charge is -2.22. The Kier molecular flexibility index (Phi) is 6.37. The van der Waals surface area contributed by atoms with Crippen LogP contribution in [0.2, 0.25) is 0 Å². The van der Waals surface area contributed by atoms with Crippen molar-refractivity contribution in [3.63, 3.8) is 0 Å². The van der Waals surface area contributed by atoms with Crippen LogP contribution < -0.4 is 15.4 Å².